The Bertz CT molecular complexity index is 1260. The number of urea groups is 1. The maximum atomic E-state index is 13.9. The lowest BCUT2D eigenvalue weighted by Crippen LogP contribution is -2.54. The third kappa shape index (κ3) is 8.34. The van der Waals surface area contributed by atoms with E-state index in [1.807, 2.05) is 24.1 Å². The molecule has 3 aliphatic heterocycles. The lowest BCUT2D eigenvalue weighted by atomic mass is 9.88. The molecule has 234 valence electrons. The monoisotopic (exact) mass is 629 g/mol. The van der Waals surface area contributed by atoms with Crippen molar-refractivity contribution in [2.75, 3.05) is 45.8 Å². The molecule has 2 aromatic rings. The Morgan fingerprint density at radius 3 is 2.37 bits per heavy atom. The SMILES string of the molecule is CC[C@@H](CN1CCCC1)Oc1cnc(C)cc1C1CCN(C(=O)[C@@H](Cc2ccc(Cl)cc2Cl)NC(=O)N2CCCC2)CC1. The van der Waals surface area contributed by atoms with E-state index in [-0.39, 0.29) is 24.0 Å². The number of nitrogens with one attached hydrogen (secondary N) is 1. The molecule has 0 saturated carbocycles. The van der Waals surface area contributed by atoms with E-state index < -0.39 is 6.04 Å². The van der Waals surface area contributed by atoms with Gasteiger partial charge in [-0.2, -0.15) is 0 Å². The number of carbonyl (C=O) groups excluding carboxylic acids is 2. The topological polar surface area (TPSA) is 78.0 Å². The van der Waals surface area contributed by atoms with Crippen LogP contribution in [0.3, 0.4) is 0 Å². The summed E-state index contributed by atoms with van der Waals surface area (Å²) in [5.41, 5.74) is 2.94. The minimum Gasteiger partial charge on any atom is -0.487 e. The van der Waals surface area contributed by atoms with Gasteiger partial charge in [0.25, 0.3) is 0 Å². The molecule has 8 nitrogen and oxygen atoms in total. The summed E-state index contributed by atoms with van der Waals surface area (Å²) < 4.78 is 6.60. The zero-order chi connectivity index (χ0) is 30.3. The van der Waals surface area contributed by atoms with E-state index in [9.17, 15) is 9.59 Å². The molecular weight excluding hydrogens is 585 g/mol. The van der Waals surface area contributed by atoms with Crippen LogP contribution >= 0.6 is 23.2 Å². The van der Waals surface area contributed by atoms with E-state index >= 15 is 0 Å². The second-order valence-corrected chi connectivity index (χ2v) is 13.1. The number of likely N-dealkylation sites (tertiary alicyclic amines) is 3. The van der Waals surface area contributed by atoms with Crippen molar-refractivity contribution in [3.63, 3.8) is 0 Å². The van der Waals surface area contributed by atoms with Crippen molar-refractivity contribution >= 4 is 35.1 Å². The van der Waals surface area contributed by atoms with Crippen LogP contribution in [0.25, 0.3) is 0 Å². The summed E-state index contributed by atoms with van der Waals surface area (Å²) in [6.07, 6.45) is 9.41. The molecule has 3 fully saturated rings. The lowest BCUT2D eigenvalue weighted by Gasteiger charge is -2.36. The maximum Gasteiger partial charge on any atom is 0.318 e. The normalized spacial score (nSPS) is 19.4. The fourth-order valence-corrected chi connectivity index (χ4v) is 7.05. The number of ether oxygens (including phenoxy) is 1. The predicted octanol–water partition coefficient (Wildman–Crippen LogP) is 6.07. The number of piperidine rings is 1. The fraction of sp³-hybridized carbons (Fsp3) is 0.606. The van der Waals surface area contributed by atoms with Crippen LogP contribution in [-0.4, -0.2) is 89.6 Å². The van der Waals surface area contributed by atoms with Crippen LogP contribution in [0.4, 0.5) is 4.79 Å². The van der Waals surface area contributed by atoms with Crippen molar-refractivity contribution in [1.82, 2.24) is 25.0 Å². The maximum absolute atomic E-state index is 13.9. The largest absolute Gasteiger partial charge is 0.487 e. The van der Waals surface area contributed by atoms with Crippen molar-refractivity contribution in [3.05, 3.63) is 57.3 Å². The first-order valence-corrected chi connectivity index (χ1v) is 16.7. The molecule has 0 radical (unpaired) electrons. The summed E-state index contributed by atoms with van der Waals surface area (Å²) in [6.45, 7) is 10.1. The van der Waals surface area contributed by atoms with Gasteiger partial charge in [-0.3, -0.25) is 14.7 Å². The van der Waals surface area contributed by atoms with Crippen molar-refractivity contribution in [2.24, 2.45) is 0 Å². The molecule has 1 aromatic heterocycles. The standard InChI is InChI=1S/C33H45Cl2N5O3/c1-3-27(22-38-12-4-5-13-38)43-31-21-36-23(2)18-28(31)24-10-16-39(17-11-24)32(41)30(37-33(42)40-14-6-7-15-40)19-25-8-9-26(34)20-29(25)35/h8-9,18,20-21,24,27,30H,3-7,10-17,19,22H2,1-2H3,(H,37,42)/t27-,30+/m0/s1. The van der Waals surface area contributed by atoms with Gasteiger partial charge in [-0.05, 0) is 94.6 Å². The first-order valence-electron chi connectivity index (χ1n) is 15.9. The number of amides is 3. The third-order valence-corrected chi connectivity index (χ3v) is 9.71. The predicted molar refractivity (Wildman–Crippen MR) is 171 cm³/mol. The van der Waals surface area contributed by atoms with E-state index in [1.165, 1.54) is 18.4 Å². The zero-order valence-electron chi connectivity index (χ0n) is 25.5. The Balaban J connectivity index is 1.26. The summed E-state index contributed by atoms with van der Waals surface area (Å²) in [7, 11) is 0. The highest BCUT2D eigenvalue weighted by atomic mass is 35.5. The van der Waals surface area contributed by atoms with Gasteiger partial charge in [-0.1, -0.05) is 36.2 Å². The number of hydrogen-bond acceptors (Lipinski definition) is 5. The van der Waals surface area contributed by atoms with Crippen LogP contribution in [0.2, 0.25) is 10.0 Å². The Labute approximate surface area is 266 Å². The van der Waals surface area contributed by atoms with Gasteiger partial charge in [-0.15, -0.1) is 0 Å². The number of rotatable bonds is 10. The van der Waals surface area contributed by atoms with E-state index in [2.05, 4.69) is 28.2 Å². The van der Waals surface area contributed by atoms with Crippen LogP contribution in [0, 0.1) is 6.92 Å². The number of aryl methyl sites for hydroxylation is 1. The molecule has 1 N–H and O–H groups in total. The van der Waals surface area contributed by atoms with E-state index in [0.29, 0.717) is 42.6 Å². The van der Waals surface area contributed by atoms with Crippen LogP contribution in [0.15, 0.2) is 30.5 Å². The van der Waals surface area contributed by atoms with Gasteiger partial charge in [-0.25, -0.2) is 4.79 Å². The molecular formula is C33H45Cl2N5O3. The quantitative estimate of drug-likeness (QED) is 0.345. The molecule has 0 bridgehead atoms. The summed E-state index contributed by atoms with van der Waals surface area (Å²) in [4.78, 5) is 37.7. The summed E-state index contributed by atoms with van der Waals surface area (Å²) >= 11 is 12.6. The van der Waals surface area contributed by atoms with Gasteiger partial charge in [0, 0.05) is 60.4 Å². The molecule has 3 aliphatic rings. The van der Waals surface area contributed by atoms with Crippen LogP contribution in [-0.2, 0) is 11.2 Å². The third-order valence-electron chi connectivity index (χ3n) is 9.12. The Morgan fingerprint density at radius 1 is 1.00 bits per heavy atom. The highest BCUT2D eigenvalue weighted by Crippen LogP contribution is 2.35. The van der Waals surface area contributed by atoms with Gasteiger partial charge in [0.1, 0.15) is 17.9 Å². The number of nitrogens with zero attached hydrogens (tertiary/aromatic N) is 4. The van der Waals surface area contributed by atoms with E-state index in [1.54, 1.807) is 17.0 Å². The molecule has 5 rings (SSSR count). The Hall–Kier alpha value is -2.55. The second kappa shape index (κ2) is 15.0. The average molecular weight is 631 g/mol. The lowest BCUT2D eigenvalue weighted by molar-refractivity contribution is -0.134. The molecule has 0 aliphatic carbocycles. The first kappa shape index (κ1) is 31.9. The van der Waals surface area contributed by atoms with Crippen LogP contribution < -0.4 is 10.1 Å². The Kier molecular flexibility index (Phi) is 11.1. The van der Waals surface area contributed by atoms with Gasteiger partial charge in [0.2, 0.25) is 5.91 Å². The molecule has 0 unspecified atom stereocenters. The van der Waals surface area contributed by atoms with Crippen molar-refractivity contribution in [3.8, 4) is 5.75 Å². The van der Waals surface area contributed by atoms with Gasteiger partial charge >= 0.3 is 6.03 Å². The minimum absolute atomic E-state index is 0.0731. The van der Waals surface area contributed by atoms with Gasteiger partial charge < -0.3 is 19.9 Å². The van der Waals surface area contributed by atoms with E-state index in [0.717, 1.165) is 68.7 Å². The highest BCUT2D eigenvalue weighted by molar-refractivity contribution is 6.35. The van der Waals surface area contributed by atoms with Crippen LogP contribution in [0.5, 0.6) is 5.75 Å². The van der Waals surface area contributed by atoms with Crippen LogP contribution in [0.1, 0.15) is 74.6 Å². The Morgan fingerprint density at radius 2 is 1.70 bits per heavy atom. The summed E-state index contributed by atoms with van der Waals surface area (Å²) in [5, 5.41) is 4.07. The minimum atomic E-state index is -0.707. The second-order valence-electron chi connectivity index (χ2n) is 12.3. The zero-order valence-corrected chi connectivity index (χ0v) is 27.0. The molecule has 10 heteroatoms. The molecule has 0 spiro atoms. The number of halogens is 2. The first-order chi connectivity index (χ1) is 20.8. The fourth-order valence-electron chi connectivity index (χ4n) is 6.57. The van der Waals surface area contributed by atoms with Gasteiger partial charge in [0.15, 0.2) is 0 Å². The van der Waals surface area contributed by atoms with Crippen molar-refractivity contribution in [1.29, 1.82) is 0 Å². The number of hydrogen-bond donors (Lipinski definition) is 1. The number of aromatic nitrogens is 1. The number of carbonyl (C=O) groups is 2. The molecule has 43 heavy (non-hydrogen) atoms. The molecule has 2 atom stereocenters. The molecule has 3 saturated heterocycles. The van der Waals surface area contributed by atoms with Gasteiger partial charge in [0.05, 0.1) is 6.20 Å². The van der Waals surface area contributed by atoms with Crippen molar-refractivity contribution < 1.29 is 14.3 Å². The number of pyridine rings is 1. The molecule has 4 heterocycles. The number of benzene rings is 1. The van der Waals surface area contributed by atoms with Crippen molar-refractivity contribution in [2.45, 2.75) is 83.3 Å². The summed E-state index contributed by atoms with van der Waals surface area (Å²) in [6, 6.07) is 6.54. The smallest absolute Gasteiger partial charge is 0.318 e. The average Bonchev–Trinajstić information content (AvgIpc) is 3.73. The van der Waals surface area contributed by atoms with E-state index in [4.69, 9.17) is 27.9 Å². The summed E-state index contributed by atoms with van der Waals surface area (Å²) in [5.74, 6) is 1.07. The molecule has 3 amide bonds. The highest BCUT2D eigenvalue weighted by Gasteiger charge is 2.33. The molecule has 1 aromatic carbocycles.